The molecule has 0 unspecified atom stereocenters. The standard InChI is InChI=1S/C18H8O2/c1-3-11-7-5-9-13-15(11)17(19)14-10-6-8-12(4-2)16(14)18(13)20/h1-2,5-10H. The lowest BCUT2D eigenvalue weighted by Crippen LogP contribution is -2.23. The average molecular weight is 256 g/mol. The van der Waals surface area contributed by atoms with Gasteiger partial charge in [-0.05, 0) is 12.1 Å². The molecule has 0 spiro atoms. The van der Waals surface area contributed by atoms with Gasteiger partial charge in [-0.25, -0.2) is 0 Å². The van der Waals surface area contributed by atoms with Crippen LogP contribution in [0.15, 0.2) is 36.4 Å². The molecule has 2 aromatic carbocycles. The summed E-state index contributed by atoms with van der Waals surface area (Å²) >= 11 is 0. The van der Waals surface area contributed by atoms with Crippen LogP contribution in [0.25, 0.3) is 0 Å². The van der Waals surface area contributed by atoms with Crippen molar-refractivity contribution in [3.05, 3.63) is 69.8 Å². The Morgan fingerprint density at radius 1 is 0.700 bits per heavy atom. The van der Waals surface area contributed by atoms with Crippen LogP contribution in [0.2, 0.25) is 0 Å². The molecule has 3 rings (SSSR count). The predicted octanol–water partition coefficient (Wildman–Crippen LogP) is 2.42. The fraction of sp³-hybridized carbons (Fsp3) is 0. The second-order valence-electron chi connectivity index (χ2n) is 4.40. The average Bonchev–Trinajstić information content (AvgIpc) is 2.50. The van der Waals surface area contributed by atoms with Gasteiger partial charge < -0.3 is 0 Å². The fourth-order valence-electron chi connectivity index (χ4n) is 2.48. The zero-order chi connectivity index (χ0) is 14.3. The smallest absolute Gasteiger partial charge is 0.195 e. The Hall–Kier alpha value is -3.10. The van der Waals surface area contributed by atoms with Crippen molar-refractivity contribution in [2.24, 2.45) is 0 Å². The summed E-state index contributed by atoms with van der Waals surface area (Å²) < 4.78 is 0. The van der Waals surface area contributed by atoms with Crippen molar-refractivity contribution >= 4 is 11.6 Å². The molecule has 2 nitrogen and oxygen atoms in total. The fourth-order valence-corrected chi connectivity index (χ4v) is 2.48. The molecule has 20 heavy (non-hydrogen) atoms. The molecule has 0 bridgehead atoms. The van der Waals surface area contributed by atoms with Crippen molar-refractivity contribution in [1.82, 2.24) is 0 Å². The highest BCUT2D eigenvalue weighted by Crippen LogP contribution is 2.30. The van der Waals surface area contributed by atoms with Crippen LogP contribution in [0.3, 0.4) is 0 Å². The van der Waals surface area contributed by atoms with Gasteiger partial charge in [0, 0.05) is 33.4 Å². The third-order valence-corrected chi connectivity index (χ3v) is 3.38. The Kier molecular flexibility index (Phi) is 2.53. The molecule has 0 atom stereocenters. The molecule has 0 N–H and O–H groups in total. The SMILES string of the molecule is C#Cc1cccc2c1C(=O)c1cccc(C#C)c1C2=O. The molecule has 1 aliphatic rings. The van der Waals surface area contributed by atoms with Gasteiger partial charge in [-0.2, -0.15) is 0 Å². The molecule has 0 amide bonds. The Morgan fingerprint density at radius 3 is 1.45 bits per heavy atom. The predicted molar refractivity (Wildman–Crippen MR) is 75.6 cm³/mol. The van der Waals surface area contributed by atoms with Gasteiger partial charge in [0.1, 0.15) is 0 Å². The van der Waals surface area contributed by atoms with Crippen LogP contribution in [0.5, 0.6) is 0 Å². The van der Waals surface area contributed by atoms with Crippen molar-refractivity contribution in [2.45, 2.75) is 0 Å². The van der Waals surface area contributed by atoms with Crippen molar-refractivity contribution in [3.8, 4) is 24.7 Å². The molecular formula is C18H8O2. The molecule has 1 aliphatic carbocycles. The van der Waals surface area contributed by atoms with E-state index in [1.54, 1.807) is 36.4 Å². The largest absolute Gasteiger partial charge is 0.289 e. The van der Waals surface area contributed by atoms with Crippen molar-refractivity contribution in [1.29, 1.82) is 0 Å². The van der Waals surface area contributed by atoms with E-state index in [2.05, 4.69) is 11.8 Å². The number of ketones is 2. The van der Waals surface area contributed by atoms with Gasteiger partial charge in [0.2, 0.25) is 0 Å². The quantitative estimate of drug-likeness (QED) is 0.579. The minimum absolute atomic E-state index is 0.250. The van der Waals surface area contributed by atoms with E-state index in [9.17, 15) is 9.59 Å². The van der Waals surface area contributed by atoms with E-state index in [4.69, 9.17) is 12.8 Å². The topological polar surface area (TPSA) is 34.1 Å². The molecule has 0 heterocycles. The van der Waals surface area contributed by atoms with Gasteiger partial charge >= 0.3 is 0 Å². The van der Waals surface area contributed by atoms with E-state index in [1.807, 2.05) is 0 Å². The maximum Gasteiger partial charge on any atom is 0.195 e. The number of fused-ring (bicyclic) bond motifs is 2. The maximum absolute atomic E-state index is 12.6. The van der Waals surface area contributed by atoms with Crippen LogP contribution in [-0.2, 0) is 0 Å². The Bertz CT molecular complexity index is 784. The molecule has 0 radical (unpaired) electrons. The summed E-state index contributed by atoms with van der Waals surface area (Å²) in [6, 6.07) is 9.85. The normalized spacial score (nSPS) is 12.1. The molecule has 0 aromatic heterocycles. The summed E-state index contributed by atoms with van der Waals surface area (Å²) in [5.74, 6) is 4.40. The highest BCUT2D eigenvalue weighted by Gasteiger charge is 2.32. The number of benzene rings is 2. The molecule has 0 fully saturated rings. The van der Waals surface area contributed by atoms with E-state index in [1.165, 1.54) is 0 Å². The number of rotatable bonds is 0. The number of carbonyl (C=O) groups excluding carboxylic acids is 2. The zero-order valence-corrected chi connectivity index (χ0v) is 10.4. The molecular weight excluding hydrogens is 248 g/mol. The highest BCUT2D eigenvalue weighted by molar-refractivity contribution is 6.29. The summed E-state index contributed by atoms with van der Waals surface area (Å²) in [6.45, 7) is 0. The summed E-state index contributed by atoms with van der Waals surface area (Å²) in [6.07, 6.45) is 10.8. The van der Waals surface area contributed by atoms with Crippen LogP contribution in [0.1, 0.15) is 43.0 Å². The lowest BCUT2D eigenvalue weighted by molar-refractivity contribution is 0.0978. The van der Waals surface area contributed by atoms with Crippen LogP contribution >= 0.6 is 0 Å². The van der Waals surface area contributed by atoms with E-state index in [0.29, 0.717) is 33.4 Å². The zero-order valence-electron chi connectivity index (χ0n) is 10.4. The minimum Gasteiger partial charge on any atom is -0.289 e. The van der Waals surface area contributed by atoms with Gasteiger partial charge in [-0.15, -0.1) is 12.8 Å². The lowest BCUT2D eigenvalue weighted by Gasteiger charge is -2.19. The first-order valence-corrected chi connectivity index (χ1v) is 5.97. The molecule has 2 aromatic rings. The first kappa shape index (κ1) is 12.0. The van der Waals surface area contributed by atoms with Crippen molar-refractivity contribution < 1.29 is 9.59 Å². The van der Waals surface area contributed by atoms with Gasteiger partial charge in [-0.1, -0.05) is 36.1 Å². The minimum atomic E-state index is -0.250. The molecule has 92 valence electrons. The van der Waals surface area contributed by atoms with Gasteiger partial charge in [0.15, 0.2) is 11.6 Å². The monoisotopic (exact) mass is 256 g/mol. The Morgan fingerprint density at radius 2 is 1.10 bits per heavy atom. The third kappa shape index (κ3) is 1.43. The first-order chi connectivity index (χ1) is 9.69. The van der Waals surface area contributed by atoms with Crippen molar-refractivity contribution in [2.75, 3.05) is 0 Å². The molecule has 0 saturated heterocycles. The molecule has 0 saturated carbocycles. The van der Waals surface area contributed by atoms with E-state index in [0.717, 1.165) is 0 Å². The van der Waals surface area contributed by atoms with E-state index >= 15 is 0 Å². The second-order valence-corrected chi connectivity index (χ2v) is 4.40. The Balaban J connectivity index is 2.41. The van der Waals surface area contributed by atoms with Gasteiger partial charge in [0.25, 0.3) is 0 Å². The summed E-state index contributed by atoms with van der Waals surface area (Å²) in [4.78, 5) is 25.2. The van der Waals surface area contributed by atoms with Crippen LogP contribution in [0.4, 0.5) is 0 Å². The summed E-state index contributed by atoms with van der Waals surface area (Å²) in [7, 11) is 0. The number of carbonyl (C=O) groups is 2. The van der Waals surface area contributed by atoms with Crippen LogP contribution in [0, 0.1) is 24.7 Å². The van der Waals surface area contributed by atoms with Crippen molar-refractivity contribution in [3.63, 3.8) is 0 Å². The molecule has 2 heteroatoms. The lowest BCUT2D eigenvalue weighted by atomic mass is 9.80. The highest BCUT2D eigenvalue weighted by atomic mass is 16.1. The third-order valence-electron chi connectivity index (χ3n) is 3.38. The molecule has 0 aliphatic heterocycles. The van der Waals surface area contributed by atoms with E-state index in [-0.39, 0.29) is 11.6 Å². The van der Waals surface area contributed by atoms with E-state index < -0.39 is 0 Å². The number of hydrogen-bond donors (Lipinski definition) is 0. The first-order valence-electron chi connectivity index (χ1n) is 5.97. The van der Waals surface area contributed by atoms with Gasteiger partial charge in [-0.3, -0.25) is 9.59 Å². The second kappa shape index (κ2) is 4.23. The van der Waals surface area contributed by atoms with Gasteiger partial charge in [0.05, 0.1) is 0 Å². The maximum atomic E-state index is 12.6. The summed E-state index contributed by atoms with van der Waals surface area (Å²) in [5.41, 5.74) is 2.08. The summed E-state index contributed by atoms with van der Waals surface area (Å²) in [5, 5.41) is 0. The van der Waals surface area contributed by atoms with Crippen LogP contribution < -0.4 is 0 Å². The number of hydrogen-bond acceptors (Lipinski definition) is 2. The van der Waals surface area contributed by atoms with Crippen LogP contribution in [-0.4, -0.2) is 11.6 Å². The number of terminal acetylenes is 2. The Labute approximate surface area is 116 Å².